The number of carbonyl (C=O) groups excluding carboxylic acids is 1. The molecule has 104 valence electrons. The molecule has 1 heterocycles. The average Bonchev–Trinajstić information content (AvgIpc) is 2.41. The van der Waals surface area contributed by atoms with E-state index in [1.807, 2.05) is 38.1 Å². The van der Waals surface area contributed by atoms with E-state index in [1.54, 1.807) is 0 Å². The normalized spacial score (nSPS) is 19.2. The van der Waals surface area contributed by atoms with Gasteiger partial charge in [0.1, 0.15) is 5.75 Å². The van der Waals surface area contributed by atoms with Crippen LogP contribution in [0.4, 0.5) is 5.69 Å². The van der Waals surface area contributed by atoms with Gasteiger partial charge in [0.05, 0.1) is 24.3 Å². The summed E-state index contributed by atoms with van der Waals surface area (Å²) in [5.41, 5.74) is 0.728. The summed E-state index contributed by atoms with van der Waals surface area (Å²) in [6, 6.07) is 7.52. The monoisotopic (exact) mass is 263 g/mol. The Morgan fingerprint density at radius 3 is 2.89 bits per heavy atom. The number of benzene rings is 1. The van der Waals surface area contributed by atoms with E-state index in [9.17, 15) is 4.79 Å². The first-order valence-corrected chi connectivity index (χ1v) is 6.81. The lowest BCUT2D eigenvalue weighted by molar-refractivity contribution is -0.123. The maximum atomic E-state index is 12.2. The molecule has 1 N–H and O–H groups in total. The molecule has 0 saturated carbocycles. The first kappa shape index (κ1) is 13.9. The van der Waals surface area contributed by atoms with E-state index in [2.05, 4.69) is 5.32 Å². The molecule has 1 unspecified atom stereocenters. The van der Waals surface area contributed by atoms with Crippen LogP contribution in [0.15, 0.2) is 24.3 Å². The van der Waals surface area contributed by atoms with Crippen LogP contribution in [0.1, 0.15) is 26.7 Å². The molecule has 1 amide bonds. The molecule has 0 radical (unpaired) electrons. The molecule has 0 spiro atoms. The SMILES string of the molecule is CC(C)Oc1ccccc1NC(=O)C1CCCOC1. The van der Waals surface area contributed by atoms with Crippen LogP contribution in [0.3, 0.4) is 0 Å². The summed E-state index contributed by atoms with van der Waals surface area (Å²) in [6.45, 7) is 5.21. The van der Waals surface area contributed by atoms with Crippen LogP contribution in [0.5, 0.6) is 5.75 Å². The standard InChI is InChI=1S/C15H21NO3/c1-11(2)19-14-8-4-3-7-13(14)16-15(17)12-6-5-9-18-10-12/h3-4,7-8,11-12H,5-6,9-10H2,1-2H3,(H,16,17). The minimum Gasteiger partial charge on any atom is -0.489 e. The fourth-order valence-corrected chi connectivity index (χ4v) is 2.11. The van der Waals surface area contributed by atoms with Crippen LogP contribution in [-0.2, 0) is 9.53 Å². The summed E-state index contributed by atoms with van der Waals surface area (Å²) >= 11 is 0. The molecule has 2 rings (SSSR count). The van der Waals surface area contributed by atoms with E-state index in [0.717, 1.165) is 25.1 Å². The van der Waals surface area contributed by atoms with Crippen LogP contribution in [0.2, 0.25) is 0 Å². The van der Waals surface area contributed by atoms with E-state index >= 15 is 0 Å². The Hall–Kier alpha value is -1.55. The molecule has 1 atom stereocenters. The number of rotatable bonds is 4. The first-order valence-electron chi connectivity index (χ1n) is 6.81. The zero-order chi connectivity index (χ0) is 13.7. The average molecular weight is 263 g/mol. The molecule has 0 aliphatic carbocycles. The van der Waals surface area contributed by atoms with Crippen molar-refractivity contribution in [3.63, 3.8) is 0 Å². The Labute approximate surface area is 114 Å². The largest absolute Gasteiger partial charge is 0.489 e. The lowest BCUT2D eigenvalue weighted by atomic mass is 10.0. The molecule has 0 bridgehead atoms. The highest BCUT2D eigenvalue weighted by atomic mass is 16.5. The van der Waals surface area contributed by atoms with Crippen molar-refractivity contribution < 1.29 is 14.3 Å². The summed E-state index contributed by atoms with van der Waals surface area (Å²) in [4.78, 5) is 12.2. The van der Waals surface area contributed by atoms with Gasteiger partial charge in [0.2, 0.25) is 5.91 Å². The first-order chi connectivity index (χ1) is 9.16. The smallest absolute Gasteiger partial charge is 0.229 e. The fourth-order valence-electron chi connectivity index (χ4n) is 2.11. The van der Waals surface area contributed by atoms with Gasteiger partial charge in [-0.05, 0) is 38.8 Å². The van der Waals surface area contributed by atoms with E-state index in [0.29, 0.717) is 12.4 Å². The number of hydrogen-bond acceptors (Lipinski definition) is 3. The second-order valence-electron chi connectivity index (χ2n) is 5.07. The topological polar surface area (TPSA) is 47.6 Å². The predicted octanol–water partition coefficient (Wildman–Crippen LogP) is 2.84. The third kappa shape index (κ3) is 3.96. The Bertz CT molecular complexity index is 425. The third-order valence-electron chi connectivity index (χ3n) is 3.04. The van der Waals surface area contributed by atoms with Crippen molar-refractivity contribution in [1.82, 2.24) is 0 Å². The van der Waals surface area contributed by atoms with Crippen LogP contribution in [0.25, 0.3) is 0 Å². The van der Waals surface area contributed by atoms with Gasteiger partial charge in [-0.25, -0.2) is 0 Å². The Kier molecular flexibility index (Phi) is 4.80. The summed E-state index contributed by atoms with van der Waals surface area (Å²) < 4.78 is 11.0. The van der Waals surface area contributed by atoms with Crippen molar-refractivity contribution in [2.75, 3.05) is 18.5 Å². The van der Waals surface area contributed by atoms with Gasteiger partial charge in [-0.15, -0.1) is 0 Å². The molecule has 19 heavy (non-hydrogen) atoms. The highest BCUT2D eigenvalue weighted by Gasteiger charge is 2.22. The molecule has 1 fully saturated rings. The zero-order valence-corrected chi connectivity index (χ0v) is 11.5. The van der Waals surface area contributed by atoms with E-state index in [4.69, 9.17) is 9.47 Å². The summed E-state index contributed by atoms with van der Waals surface area (Å²) in [6.07, 6.45) is 1.91. The quantitative estimate of drug-likeness (QED) is 0.908. The molecule has 4 heteroatoms. The highest BCUT2D eigenvalue weighted by Crippen LogP contribution is 2.26. The van der Waals surface area contributed by atoms with Crippen molar-refractivity contribution in [3.8, 4) is 5.75 Å². The van der Waals surface area contributed by atoms with Crippen molar-refractivity contribution >= 4 is 11.6 Å². The number of ether oxygens (including phenoxy) is 2. The van der Waals surface area contributed by atoms with Gasteiger partial charge >= 0.3 is 0 Å². The predicted molar refractivity (Wildman–Crippen MR) is 74.4 cm³/mol. The van der Waals surface area contributed by atoms with Crippen molar-refractivity contribution in [3.05, 3.63) is 24.3 Å². The van der Waals surface area contributed by atoms with E-state index in [-0.39, 0.29) is 17.9 Å². The maximum Gasteiger partial charge on any atom is 0.229 e. The van der Waals surface area contributed by atoms with Crippen molar-refractivity contribution in [1.29, 1.82) is 0 Å². The van der Waals surface area contributed by atoms with Gasteiger partial charge in [0.25, 0.3) is 0 Å². The van der Waals surface area contributed by atoms with Gasteiger partial charge in [0.15, 0.2) is 0 Å². The van der Waals surface area contributed by atoms with Crippen molar-refractivity contribution in [2.45, 2.75) is 32.8 Å². The minimum atomic E-state index is -0.0548. The molecule has 1 aromatic carbocycles. The second kappa shape index (κ2) is 6.57. The number of para-hydroxylation sites is 2. The van der Waals surface area contributed by atoms with Gasteiger partial charge in [-0.3, -0.25) is 4.79 Å². The minimum absolute atomic E-state index is 0.0134. The molecule has 1 aliphatic heterocycles. The van der Waals surface area contributed by atoms with E-state index < -0.39 is 0 Å². The molecule has 1 aliphatic rings. The lowest BCUT2D eigenvalue weighted by Crippen LogP contribution is -2.30. The number of amides is 1. The zero-order valence-electron chi connectivity index (χ0n) is 11.5. The fraction of sp³-hybridized carbons (Fsp3) is 0.533. The van der Waals surface area contributed by atoms with Crippen molar-refractivity contribution in [2.24, 2.45) is 5.92 Å². The van der Waals surface area contributed by atoms with Crippen LogP contribution < -0.4 is 10.1 Å². The molecule has 1 saturated heterocycles. The van der Waals surface area contributed by atoms with Gasteiger partial charge in [0, 0.05) is 6.61 Å². The summed E-state index contributed by atoms with van der Waals surface area (Å²) in [5.74, 6) is 0.669. The number of anilines is 1. The van der Waals surface area contributed by atoms with Crippen LogP contribution >= 0.6 is 0 Å². The second-order valence-corrected chi connectivity index (χ2v) is 5.07. The maximum absolute atomic E-state index is 12.2. The number of nitrogens with one attached hydrogen (secondary N) is 1. The third-order valence-corrected chi connectivity index (χ3v) is 3.04. The van der Waals surface area contributed by atoms with Crippen LogP contribution in [-0.4, -0.2) is 25.2 Å². The number of carbonyl (C=O) groups is 1. The Morgan fingerprint density at radius 1 is 1.42 bits per heavy atom. The summed E-state index contributed by atoms with van der Waals surface area (Å²) in [7, 11) is 0. The molecule has 0 aromatic heterocycles. The Balaban J connectivity index is 2.03. The molecule has 1 aromatic rings. The lowest BCUT2D eigenvalue weighted by Gasteiger charge is -2.22. The van der Waals surface area contributed by atoms with E-state index in [1.165, 1.54) is 0 Å². The molecular formula is C15H21NO3. The van der Waals surface area contributed by atoms with Gasteiger partial charge in [-0.1, -0.05) is 12.1 Å². The number of hydrogen-bond donors (Lipinski definition) is 1. The highest BCUT2D eigenvalue weighted by molar-refractivity contribution is 5.94. The van der Waals surface area contributed by atoms with Crippen LogP contribution in [0, 0.1) is 5.92 Å². The van der Waals surface area contributed by atoms with Gasteiger partial charge in [-0.2, -0.15) is 0 Å². The molecular weight excluding hydrogens is 242 g/mol. The Morgan fingerprint density at radius 2 is 2.21 bits per heavy atom. The summed E-state index contributed by atoms with van der Waals surface area (Å²) in [5, 5.41) is 2.94. The molecule has 4 nitrogen and oxygen atoms in total. The van der Waals surface area contributed by atoms with Gasteiger partial charge < -0.3 is 14.8 Å².